The zero-order chi connectivity index (χ0) is 14.7. The Morgan fingerprint density at radius 3 is 2.65 bits per heavy atom. The lowest BCUT2D eigenvalue weighted by Crippen LogP contribution is -2.05. The van der Waals surface area contributed by atoms with Crippen molar-refractivity contribution in [3.05, 3.63) is 39.7 Å². The first-order valence-electron chi connectivity index (χ1n) is 5.59. The van der Waals surface area contributed by atoms with E-state index in [4.69, 9.17) is 32.4 Å². The van der Waals surface area contributed by atoms with Gasteiger partial charge in [0.25, 0.3) is 0 Å². The number of ether oxygens (including phenoxy) is 2. The van der Waals surface area contributed by atoms with Crippen LogP contribution in [0.5, 0.6) is 0 Å². The molecule has 0 aliphatic rings. The summed E-state index contributed by atoms with van der Waals surface area (Å²) in [5.41, 5.74) is 0.683. The number of methoxy groups -OCH3 is 2. The van der Waals surface area contributed by atoms with Crippen LogP contribution < -0.4 is 0 Å². The van der Waals surface area contributed by atoms with Crippen LogP contribution >= 0.6 is 23.2 Å². The number of nitrogens with zero attached hydrogens (tertiary/aromatic N) is 1. The highest BCUT2D eigenvalue weighted by molar-refractivity contribution is 6.42. The van der Waals surface area contributed by atoms with E-state index in [1.807, 2.05) is 0 Å². The van der Waals surface area contributed by atoms with Gasteiger partial charge >= 0.3 is 5.97 Å². The van der Waals surface area contributed by atoms with Crippen LogP contribution in [-0.4, -0.2) is 25.2 Å². The third-order valence-electron chi connectivity index (χ3n) is 2.52. The Morgan fingerprint density at radius 1 is 1.30 bits per heavy atom. The Morgan fingerprint density at radius 2 is 2.05 bits per heavy atom. The number of rotatable bonds is 4. The fraction of sp³-hybridized carbons (Fsp3) is 0.231. The van der Waals surface area contributed by atoms with Crippen molar-refractivity contribution in [3.63, 3.8) is 0 Å². The second-order valence-electron chi connectivity index (χ2n) is 3.84. The first-order chi connectivity index (χ1) is 9.56. The summed E-state index contributed by atoms with van der Waals surface area (Å²) in [5.74, 6) is -0.0523. The molecule has 1 aromatic carbocycles. The van der Waals surface area contributed by atoms with Gasteiger partial charge in [-0.15, -0.1) is 0 Å². The third-order valence-corrected chi connectivity index (χ3v) is 3.26. The first-order valence-corrected chi connectivity index (χ1v) is 6.34. The Labute approximate surface area is 125 Å². The standard InChI is InChI=1S/C13H11Cl2NO4/c1-18-6-10-11(13(17)19-2)16-12(20-10)7-3-4-8(14)9(15)5-7/h3-5H,6H2,1-2H3. The van der Waals surface area contributed by atoms with Crippen molar-refractivity contribution in [1.82, 2.24) is 4.98 Å². The number of esters is 1. The first kappa shape index (κ1) is 14.8. The van der Waals surface area contributed by atoms with Gasteiger partial charge in [0.2, 0.25) is 5.89 Å². The molecule has 0 N–H and O–H groups in total. The molecule has 0 radical (unpaired) electrons. The van der Waals surface area contributed by atoms with Gasteiger partial charge in [0, 0.05) is 12.7 Å². The normalized spacial score (nSPS) is 10.6. The van der Waals surface area contributed by atoms with Gasteiger partial charge < -0.3 is 13.9 Å². The summed E-state index contributed by atoms with van der Waals surface area (Å²) in [6.45, 7) is 0.110. The van der Waals surface area contributed by atoms with E-state index in [-0.39, 0.29) is 18.2 Å². The van der Waals surface area contributed by atoms with Gasteiger partial charge in [0.1, 0.15) is 6.61 Å². The second-order valence-corrected chi connectivity index (χ2v) is 4.66. The number of hydrogen-bond acceptors (Lipinski definition) is 5. The van der Waals surface area contributed by atoms with E-state index in [1.54, 1.807) is 18.2 Å². The molecule has 0 saturated carbocycles. The SMILES string of the molecule is COCc1oc(-c2ccc(Cl)c(Cl)c2)nc1C(=O)OC. The molecular weight excluding hydrogens is 305 g/mol. The van der Waals surface area contributed by atoms with Gasteiger partial charge in [0.05, 0.1) is 17.2 Å². The quantitative estimate of drug-likeness (QED) is 0.807. The Kier molecular flexibility index (Phi) is 4.65. The van der Waals surface area contributed by atoms with Crippen LogP contribution in [0.2, 0.25) is 10.0 Å². The second kappa shape index (κ2) is 6.26. The molecular formula is C13H11Cl2NO4. The zero-order valence-corrected chi connectivity index (χ0v) is 12.3. The lowest BCUT2D eigenvalue weighted by Gasteiger charge is -1.98. The highest BCUT2D eigenvalue weighted by Crippen LogP contribution is 2.29. The molecule has 106 valence electrons. The molecule has 20 heavy (non-hydrogen) atoms. The molecule has 0 spiro atoms. The number of benzene rings is 1. The summed E-state index contributed by atoms with van der Waals surface area (Å²) in [6, 6.07) is 4.92. The molecule has 0 unspecified atom stereocenters. The number of oxazole rings is 1. The summed E-state index contributed by atoms with van der Waals surface area (Å²) in [6.07, 6.45) is 0. The minimum Gasteiger partial charge on any atom is -0.464 e. The molecule has 5 nitrogen and oxygen atoms in total. The summed E-state index contributed by atoms with van der Waals surface area (Å²) < 4.78 is 15.1. The molecule has 0 saturated heterocycles. The largest absolute Gasteiger partial charge is 0.464 e. The predicted molar refractivity (Wildman–Crippen MR) is 74.0 cm³/mol. The van der Waals surface area contributed by atoms with Gasteiger partial charge in [-0.3, -0.25) is 0 Å². The van der Waals surface area contributed by atoms with Gasteiger partial charge in [0.15, 0.2) is 11.5 Å². The topological polar surface area (TPSA) is 61.6 Å². The van der Waals surface area contributed by atoms with Crippen molar-refractivity contribution >= 4 is 29.2 Å². The van der Waals surface area contributed by atoms with E-state index in [1.165, 1.54) is 14.2 Å². The van der Waals surface area contributed by atoms with Crippen molar-refractivity contribution < 1.29 is 18.7 Å². The predicted octanol–water partition coefficient (Wildman–Crippen LogP) is 3.58. The van der Waals surface area contributed by atoms with E-state index in [2.05, 4.69) is 9.72 Å². The molecule has 0 aliphatic carbocycles. The van der Waals surface area contributed by atoms with Crippen LogP contribution in [0, 0.1) is 0 Å². The average molecular weight is 316 g/mol. The molecule has 7 heteroatoms. The molecule has 0 aliphatic heterocycles. The van der Waals surface area contributed by atoms with Crippen molar-refractivity contribution in [2.75, 3.05) is 14.2 Å². The van der Waals surface area contributed by atoms with Crippen molar-refractivity contribution in [3.8, 4) is 11.5 Å². The summed E-state index contributed by atoms with van der Waals surface area (Å²) in [5, 5.41) is 0.794. The summed E-state index contributed by atoms with van der Waals surface area (Å²) in [7, 11) is 2.76. The molecule has 0 atom stereocenters. The van der Waals surface area contributed by atoms with E-state index in [0.29, 0.717) is 21.4 Å². The number of carbonyl (C=O) groups is 1. The molecule has 1 heterocycles. The number of hydrogen-bond donors (Lipinski definition) is 0. The smallest absolute Gasteiger partial charge is 0.360 e. The molecule has 1 aromatic heterocycles. The molecule has 0 amide bonds. The van der Waals surface area contributed by atoms with Gasteiger partial charge in [-0.1, -0.05) is 23.2 Å². The van der Waals surface area contributed by atoms with Crippen molar-refractivity contribution in [1.29, 1.82) is 0 Å². The highest BCUT2D eigenvalue weighted by atomic mass is 35.5. The highest BCUT2D eigenvalue weighted by Gasteiger charge is 2.21. The average Bonchev–Trinajstić information content (AvgIpc) is 2.85. The van der Waals surface area contributed by atoms with E-state index >= 15 is 0 Å². The van der Waals surface area contributed by atoms with Crippen LogP contribution in [0.25, 0.3) is 11.5 Å². The number of aromatic nitrogens is 1. The van der Waals surface area contributed by atoms with Crippen LogP contribution in [0.1, 0.15) is 16.2 Å². The Bertz CT molecular complexity index is 639. The fourth-order valence-corrected chi connectivity index (χ4v) is 1.89. The van der Waals surface area contributed by atoms with Crippen LogP contribution in [0.15, 0.2) is 22.6 Å². The van der Waals surface area contributed by atoms with Crippen LogP contribution in [0.3, 0.4) is 0 Å². The maximum absolute atomic E-state index is 11.6. The monoisotopic (exact) mass is 315 g/mol. The maximum Gasteiger partial charge on any atom is 0.360 e. The fourth-order valence-electron chi connectivity index (χ4n) is 1.59. The van der Waals surface area contributed by atoms with Crippen molar-refractivity contribution in [2.45, 2.75) is 6.61 Å². The zero-order valence-electron chi connectivity index (χ0n) is 10.8. The van der Waals surface area contributed by atoms with Gasteiger partial charge in [-0.2, -0.15) is 0 Å². The van der Waals surface area contributed by atoms with Crippen LogP contribution in [0.4, 0.5) is 0 Å². The Balaban J connectivity index is 2.46. The number of carbonyl (C=O) groups excluding carboxylic acids is 1. The Hall–Kier alpha value is -1.56. The van der Waals surface area contributed by atoms with E-state index in [9.17, 15) is 4.79 Å². The minimum atomic E-state index is -0.591. The molecule has 2 rings (SSSR count). The van der Waals surface area contributed by atoms with Gasteiger partial charge in [-0.05, 0) is 18.2 Å². The minimum absolute atomic E-state index is 0.0791. The van der Waals surface area contributed by atoms with Crippen LogP contribution in [-0.2, 0) is 16.1 Å². The van der Waals surface area contributed by atoms with E-state index in [0.717, 1.165) is 0 Å². The third kappa shape index (κ3) is 2.95. The molecule has 0 fully saturated rings. The maximum atomic E-state index is 11.6. The lowest BCUT2D eigenvalue weighted by atomic mass is 10.2. The van der Waals surface area contributed by atoms with E-state index < -0.39 is 5.97 Å². The summed E-state index contributed by atoms with van der Waals surface area (Å²) >= 11 is 11.8. The number of halogens is 2. The van der Waals surface area contributed by atoms with Crippen molar-refractivity contribution in [2.24, 2.45) is 0 Å². The lowest BCUT2D eigenvalue weighted by molar-refractivity contribution is 0.0586. The molecule has 2 aromatic rings. The van der Waals surface area contributed by atoms with Gasteiger partial charge in [-0.25, -0.2) is 9.78 Å². The molecule has 0 bridgehead atoms. The summed E-state index contributed by atoms with van der Waals surface area (Å²) in [4.78, 5) is 15.7.